The number of amides is 2. The van der Waals surface area contributed by atoms with E-state index in [1.165, 1.54) is 24.5 Å². The van der Waals surface area contributed by atoms with Gasteiger partial charge in [-0.05, 0) is 50.6 Å². The van der Waals surface area contributed by atoms with Crippen LogP contribution in [0.25, 0.3) is 0 Å². The number of rotatable bonds is 8. The van der Waals surface area contributed by atoms with E-state index in [-0.39, 0.29) is 11.6 Å². The summed E-state index contributed by atoms with van der Waals surface area (Å²) >= 11 is 0. The first-order chi connectivity index (χ1) is 14.9. The molecule has 0 aliphatic rings. The predicted molar refractivity (Wildman–Crippen MR) is 119 cm³/mol. The number of nitrogens with zero attached hydrogens (tertiary/aromatic N) is 1. The second-order valence-corrected chi connectivity index (χ2v) is 7.04. The molecule has 0 fully saturated rings. The van der Waals surface area contributed by atoms with Gasteiger partial charge in [-0.25, -0.2) is 4.39 Å². The second kappa shape index (κ2) is 9.93. The van der Waals surface area contributed by atoms with E-state index in [0.29, 0.717) is 30.1 Å². The molecule has 0 bridgehead atoms. The molecule has 1 atom stereocenters. The van der Waals surface area contributed by atoms with Crippen molar-refractivity contribution in [2.45, 2.75) is 26.8 Å². The van der Waals surface area contributed by atoms with Crippen molar-refractivity contribution in [3.63, 3.8) is 0 Å². The van der Waals surface area contributed by atoms with Crippen molar-refractivity contribution in [1.29, 1.82) is 0 Å². The van der Waals surface area contributed by atoms with Gasteiger partial charge in [0.05, 0.1) is 17.5 Å². The summed E-state index contributed by atoms with van der Waals surface area (Å²) in [6.45, 7) is 6.66. The van der Waals surface area contributed by atoms with Gasteiger partial charge in [-0.1, -0.05) is 30.3 Å². The van der Waals surface area contributed by atoms with E-state index < -0.39 is 17.8 Å². The van der Waals surface area contributed by atoms with Crippen LogP contribution in [-0.2, 0) is 4.79 Å². The van der Waals surface area contributed by atoms with E-state index >= 15 is 0 Å². The number of anilines is 2. The Morgan fingerprint density at radius 2 is 1.77 bits per heavy atom. The van der Waals surface area contributed by atoms with Gasteiger partial charge in [0.15, 0.2) is 0 Å². The highest BCUT2D eigenvalue weighted by Crippen LogP contribution is 2.26. The highest BCUT2D eigenvalue weighted by atomic mass is 19.1. The van der Waals surface area contributed by atoms with Crippen LogP contribution in [0.5, 0.6) is 0 Å². The Morgan fingerprint density at radius 1 is 1.06 bits per heavy atom. The van der Waals surface area contributed by atoms with E-state index in [1.54, 1.807) is 17.9 Å². The molecule has 0 saturated carbocycles. The average Bonchev–Trinajstić information content (AvgIpc) is 3.21. The quantitative estimate of drug-likeness (QED) is 0.535. The molecule has 31 heavy (non-hydrogen) atoms. The molecule has 1 aromatic heterocycles. The fourth-order valence-corrected chi connectivity index (χ4v) is 3.34. The lowest BCUT2D eigenvalue weighted by molar-refractivity contribution is -0.131. The number of nitrogens with one attached hydrogen (secondary N) is 2. The first-order valence-electron chi connectivity index (χ1n) is 10.2. The summed E-state index contributed by atoms with van der Waals surface area (Å²) in [5.74, 6) is -0.686. The topological polar surface area (TPSA) is 74.6 Å². The van der Waals surface area contributed by atoms with E-state index in [4.69, 9.17) is 4.42 Å². The minimum Gasteiger partial charge on any atom is -0.469 e. The second-order valence-electron chi connectivity index (χ2n) is 7.04. The molecule has 0 spiro atoms. The third-order valence-corrected chi connectivity index (χ3v) is 5.08. The first kappa shape index (κ1) is 22.1. The van der Waals surface area contributed by atoms with Crippen LogP contribution in [0, 0.1) is 12.7 Å². The van der Waals surface area contributed by atoms with Gasteiger partial charge in [0.25, 0.3) is 5.91 Å². The van der Waals surface area contributed by atoms with Crippen molar-refractivity contribution in [3.8, 4) is 0 Å². The number of halogens is 1. The monoisotopic (exact) mass is 423 g/mol. The van der Waals surface area contributed by atoms with Crippen LogP contribution in [-0.4, -0.2) is 29.8 Å². The number of carbonyl (C=O) groups excluding carboxylic acids is 2. The molecule has 0 aliphatic carbocycles. The smallest absolute Gasteiger partial charge is 0.259 e. The van der Waals surface area contributed by atoms with E-state index in [2.05, 4.69) is 10.6 Å². The highest BCUT2D eigenvalue weighted by Gasteiger charge is 2.25. The predicted octanol–water partition coefficient (Wildman–Crippen LogP) is 5.00. The van der Waals surface area contributed by atoms with Crippen LogP contribution in [0.1, 0.15) is 41.6 Å². The standard InChI is InChI=1S/C24H26FN3O3/c1-4-28(5-2)24(30)22(17-9-7-6-8-10-17)26-18-11-12-20(25)21(15-18)27-23(29)19-13-14-31-16(19)3/h6-15,22,26H,4-5H2,1-3H3,(H,27,29). The fourth-order valence-electron chi connectivity index (χ4n) is 3.34. The molecule has 0 saturated heterocycles. The number of likely N-dealkylation sites (N-methyl/N-ethyl adjacent to an activating group) is 1. The van der Waals surface area contributed by atoms with Crippen molar-refractivity contribution < 1.29 is 18.4 Å². The van der Waals surface area contributed by atoms with Gasteiger partial charge in [0.1, 0.15) is 17.6 Å². The van der Waals surface area contributed by atoms with Gasteiger partial charge in [-0.2, -0.15) is 0 Å². The van der Waals surface area contributed by atoms with Crippen LogP contribution >= 0.6 is 0 Å². The first-order valence-corrected chi connectivity index (χ1v) is 10.2. The number of hydrogen-bond donors (Lipinski definition) is 2. The van der Waals surface area contributed by atoms with Gasteiger partial charge in [0.2, 0.25) is 5.91 Å². The third-order valence-electron chi connectivity index (χ3n) is 5.08. The molecule has 7 heteroatoms. The Bertz CT molecular complexity index is 1050. The van der Waals surface area contributed by atoms with Crippen LogP contribution in [0.3, 0.4) is 0 Å². The maximum atomic E-state index is 14.4. The summed E-state index contributed by atoms with van der Waals surface area (Å²) in [6.07, 6.45) is 1.40. The summed E-state index contributed by atoms with van der Waals surface area (Å²) in [5, 5.41) is 5.78. The van der Waals surface area contributed by atoms with E-state index in [0.717, 1.165) is 5.56 Å². The summed E-state index contributed by atoms with van der Waals surface area (Å²) < 4.78 is 19.5. The van der Waals surface area contributed by atoms with Gasteiger partial charge < -0.3 is 20.0 Å². The van der Waals surface area contributed by atoms with Crippen molar-refractivity contribution in [2.75, 3.05) is 23.7 Å². The molecular formula is C24H26FN3O3. The molecule has 1 unspecified atom stereocenters. The summed E-state index contributed by atoms with van der Waals surface area (Å²) in [5.41, 5.74) is 1.65. The third kappa shape index (κ3) is 5.12. The Hall–Kier alpha value is -3.61. The maximum Gasteiger partial charge on any atom is 0.259 e. The summed E-state index contributed by atoms with van der Waals surface area (Å²) in [4.78, 5) is 27.3. The van der Waals surface area contributed by atoms with Gasteiger partial charge in [-0.15, -0.1) is 0 Å². The lowest BCUT2D eigenvalue weighted by Crippen LogP contribution is -2.37. The van der Waals surface area contributed by atoms with Crippen molar-refractivity contribution in [2.24, 2.45) is 0 Å². The zero-order valence-electron chi connectivity index (χ0n) is 17.8. The van der Waals surface area contributed by atoms with Crippen LogP contribution in [0.15, 0.2) is 65.3 Å². The van der Waals surface area contributed by atoms with Gasteiger partial charge in [-0.3, -0.25) is 9.59 Å². The number of hydrogen-bond acceptors (Lipinski definition) is 4. The summed E-state index contributed by atoms with van der Waals surface area (Å²) in [6, 6.07) is 14.5. The Morgan fingerprint density at radius 3 is 2.39 bits per heavy atom. The number of furan rings is 1. The zero-order valence-corrected chi connectivity index (χ0v) is 17.8. The van der Waals surface area contributed by atoms with E-state index in [9.17, 15) is 14.0 Å². The Labute approximate surface area is 181 Å². The average molecular weight is 423 g/mol. The number of carbonyl (C=O) groups is 2. The largest absolute Gasteiger partial charge is 0.469 e. The molecule has 3 rings (SSSR count). The van der Waals surface area contributed by atoms with E-state index in [1.807, 2.05) is 44.2 Å². The molecule has 1 heterocycles. The Kier molecular flexibility index (Phi) is 7.07. The molecule has 0 aliphatic heterocycles. The number of benzene rings is 2. The molecule has 0 radical (unpaired) electrons. The molecule has 2 N–H and O–H groups in total. The van der Waals surface area contributed by atoms with Gasteiger partial charge >= 0.3 is 0 Å². The lowest BCUT2D eigenvalue weighted by Gasteiger charge is -2.27. The zero-order chi connectivity index (χ0) is 22.4. The minimum absolute atomic E-state index is 0.0118. The molecule has 6 nitrogen and oxygen atoms in total. The van der Waals surface area contributed by atoms with Crippen molar-refractivity contribution in [3.05, 3.63) is 83.6 Å². The highest BCUT2D eigenvalue weighted by molar-refractivity contribution is 6.05. The lowest BCUT2D eigenvalue weighted by atomic mass is 10.0. The van der Waals surface area contributed by atoms with Crippen molar-refractivity contribution >= 4 is 23.2 Å². The minimum atomic E-state index is -0.647. The maximum absolute atomic E-state index is 14.4. The van der Waals surface area contributed by atoms with Crippen LogP contribution in [0.2, 0.25) is 0 Å². The molecule has 3 aromatic rings. The molecular weight excluding hydrogens is 397 g/mol. The Balaban J connectivity index is 1.88. The number of aryl methyl sites for hydroxylation is 1. The fraction of sp³-hybridized carbons (Fsp3) is 0.250. The molecule has 2 aromatic carbocycles. The summed E-state index contributed by atoms with van der Waals surface area (Å²) in [7, 11) is 0. The normalized spacial score (nSPS) is 11.6. The van der Waals surface area contributed by atoms with Gasteiger partial charge in [0, 0.05) is 18.8 Å². The van der Waals surface area contributed by atoms with Crippen LogP contribution < -0.4 is 10.6 Å². The SMILES string of the molecule is CCN(CC)C(=O)C(Nc1ccc(F)c(NC(=O)c2ccoc2C)c1)c1ccccc1. The molecule has 162 valence electrons. The van der Waals surface area contributed by atoms with Crippen molar-refractivity contribution in [1.82, 2.24) is 4.90 Å². The molecule has 2 amide bonds. The van der Waals surface area contributed by atoms with Crippen LogP contribution in [0.4, 0.5) is 15.8 Å².